The van der Waals surface area contributed by atoms with Gasteiger partial charge in [-0.25, -0.2) is 4.98 Å². The number of pyridine rings is 1. The first kappa shape index (κ1) is 10.9. The fraction of sp³-hybridized carbons (Fsp3) is 0.545. The molecule has 0 bridgehead atoms. The molecule has 1 aliphatic rings. The lowest BCUT2D eigenvalue weighted by Gasteiger charge is -2.35. The molecule has 0 spiro atoms. The molecule has 2 heterocycles. The number of hydrogen-bond donors (Lipinski definition) is 2. The molecule has 0 amide bonds. The Balaban J connectivity index is 2.08. The summed E-state index contributed by atoms with van der Waals surface area (Å²) in [5.74, 6) is 0.255. The van der Waals surface area contributed by atoms with Gasteiger partial charge in [-0.2, -0.15) is 8.78 Å². The Hall–Kier alpha value is -0.980. The molecule has 0 aromatic carbocycles. The highest BCUT2D eigenvalue weighted by molar-refractivity contribution is 6.30. The fourth-order valence-electron chi connectivity index (χ4n) is 1.55. The zero-order valence-corrected chi connectivity index (χ0v) is 10.3. The van der Waals surface area contributed by atoms with E-state index in [2.05, 4.69) is 20.4 Å². The number of morpholine rings is 1. The van der Waals surface area contributed by atoms with Gasteiger partial charge in [0.2, 0.25) is 0 Å². The van der Waals surface area contributed by atoms with Gasteiger partial charge < -0.3 is 15.4 Å². The quantitative estimate of drug-likeness (QED) is 0.890. The lowest BCUT2D eigenvalue weighted by Crippen LogP contribution is -2.57. The number of nitrogens with zero attached hydrogens (tertiary/aromatic N) is 1. The zero-order chi connectivity index (χ0) is 15.0. The second-order valence-electron chi connectivity index (χ2n) is 3.95. The maximum absolute atomic E-state index is 13.0. The normalized spacial score (nSPS) is 29.3. The third kappa shape index (κ3) is 3.51. The summed E-state index contributed by atoms with van der Waals surface area (Å²) >= 11 is 5.69. The van der Waals surface area contributed by atoms with Crippen LogP contribution in [-0.2, 0) is 4.74 Å². The van der Waals surface area contributed by atoms with Crippen LogP contribution >= 0.6 is 11.6 Å². The number of nitrogens with one attached hydrogen (secondary N) is 2. The predicted molar refractivity (Wildman–Crippen MR) is 65.0 cm³/mol. The number of hydrogen-bond acceptors (Lipinski definition) is 4. The van der Waals surface area contributed by atoms with Crippen LogP contribution in [0.1, 0.15) is 9.67 Å². The molecule has 1 aromatic heterocycles. The van der Waals surface area contributed by atoms with Gasteiger partial charge in [0.05, 0.1) is 26.5 Å². The van der Waals surface area contributed by atoms with Crippen LogP contribution in [0.25, 0.3) is 0 Å². The summed E-state index contributed by atoms with van der Waals surface area (Å²) in [6.07, 6.45) is -2.93. The summed E-state index contributed by atoms with van der Waals surface area (Å²) in [4.78, 5) is 3.91. The van der Waals surface area contributed by atoms with Crippen LogP contribution in [0, 0.1) is 0 Å². The predicted octanol–water partition coefficient (Wildman–Crippen LogP) is 2.12. The first-order chi connectivity index (χ1) is 9.20. The van der Waals surface area contributed by atoms with Crippen LogP contribution in [0.15, 0.2) is 18.3 Å². The van der Waals surface area contributed by atoms with Crippen LogP contribution in [-0.4, -0.2) is 36.3 Å². The van der Waals surface area contributed by atoms with E-state index in [-0.39, 0.29) is 5.82 Å². The van der Waals surface area contributed by atoms with Gasteiger partial charge in [-0.05, 0) is 19.1 Å². The molecule has 1 saturated heterocycles. The van der Waals surface area contributed by atoms with Crippen molar-refractivity contribution in [1.29, 1.82) is 0 Å². The molecule has 0 unspecified atom stereocenters. The highest BCUT2D eigenvalue weighted by Gasteiger charge is 2.40. The van der Waals surface area contributed by atoms with Crippen LogP contribution in [0.2, 0.25) is 5.02 Å². The van der Waals surface area contributed by atoms with Crippen LogP contribution in [0.5, 0.6) is 0 Å². The lowest BCUT2D eigenvalue weighted by molar-refractivity contribution is -0.278. The van der Waals surface area contributed by atoms with E-state index in [0.717, 1.165) is 0 Å². The maximum atomic E-state index is 13.0. The maximum Gasteiger partial charge on any atom is 0.368 e. The highest BCUT2D eigenvalue weighted by atomic mass is 35.5. The molecule has 1 aliphatic heterocycles. The molecule has 2 rings (SSSR count). The molecule has 4 nitrogen and oxygen atoms in total. The molecule has 0 aliphatic carbocycles. The third-order valence-corrected chi connectivity index (χ3v) is 2.66. The Morgan fingerprint density at radius 2 is 2.50 bits per heavy atom. The molecule has 100 valence electrons. The zero-order valence-electron chi connectivity index (χ0n) is 11.6. The molecule has 18 heavy (non-hydrogen) atoms. The smallest absolute Gasteiger partial charge is 0.368 e. The van der Waals surface area contributed by atoms with Gasteiger partial charge in [0, 0.05) is 12.7 Å². The third-order valence-electron chi connectivity index (χ3n) is 2.44. The van der Waals surface area contributed by atoms with E-state index >= 15 is 0 Å². The molecule has 2 atom stereocenters. The Kier molecular flexibility index (Phi) is 3.23. The van der Waals surface area contributed by atoms with E-state index < -0.39 is 31.3 Å². The summed E-state index contributed by atoms with van der Waals surface area (Å²) in [6, 6.07) is 2.11. The van der Waals surface area contributed by atoms with Crippen molar-refractivity contribution in [1.82, 2.24) is 10.3 Å². The van der Waals surface area contributed by atoms with Gasteiger partial charge in [-0.15, -0.1) is 0 Å². The standard InChI is InChI=1S/C11H14ClF2N3O/c1-7-9(17-6-11(13,14)18-7)5-16-10-3-2-8(12)4-15-10/h2-4,7,9,17H,5-6H2,1H3,(H,15,16)/t7-,9+/m0/s1/i5D2. The number of aromatic nitrogens is 1. The van der Waals surface area contributed by atoms with E-state index in [0.29, 0.717) is 5.02 Å². The number of rotatable bonds is 3. The van der Waals surface area contributed by atoms with Gasteiger partial charge in [0.1, 0.15) is 5.82 Å². The van der Waals surface area contributed by atoms with Gasteiger partial charge in [-0.1, -0.05) is 11.6 Å². The van der Waals surface area contributed by atoms with E-state index in [1.54, 1.807) is 6.07 Å². The van der Waals surface area contributed by atoms with Crippen molar-refractivity contribution in [3.63, 3.8) is 0 Å². The molecular weight excluding hydrogens is 264 g/mol. The lowest BCUT2D eigenvalue weighted by atomic mass is 10.1. The summed E-state index contributed by atoms with van der Waals surface area (Å²) in [5, 5.41) is 5.43. The first-order valence-electron chi connectivity index (χ1n) is 6.38. The Labute approximate surface area is 111 Å². The second-order valence-corrected chi connectivity index (χ2v) is 4.39. The SMILES string of the molecule is [2H]C([2H])(Nc1ccc(Cl)cn1)[C@H]1NCC(F)(F)O[C@H]1C. The molecule has 1 aromatic rings. The van der Waals surface area contributed by atoms with Crippen molar-refractivity contribution in [3.8, 4) is 0 Å². The van der Waals surface area contributed by atoms with Crippen LogP contribution in [0.3, 0.4) is 0 Å². The van der Waals surface area contributed by atoms with Crippen molar-refractivity contribution in [2.45, 2.75) is 25.2 Å². The van der Waals surface area contributed by atoms with E-state index in [9.17, 15) is 8.78 Å². The van der Waals surface area contributed by atoms with Gasteiger partial charge >= 0.3 is 6.11 Å². The largest absolute Gasteiger partial charge is 0.368 e. The Morgan fingerprint density at radius 1 is 1.72 bits per heavy atom. The Morgan fingerprint density at radius 3 is 3.11 bits per heavy atom. The molecular formula is C11H14ClF2N3O. The number of ether oxygens (including phenoxy) is 1. The van der Waals surface area contributed by atoms with E-state index in [1.165, 1.54) is 19.2 Å². The topological polar surface area (TPSA) is 46.2 Å². The van der Waals surface area contributed by atoms with Gasteiger partial charge in [0.15, 0.2) is 0 Å². The molecule has 7 heteroatoms. The number of alkyl halides is 2. The number of halogens is 3. The average molecular weight is 280 g/mol. The van der Waals surface area contributed by atoms with Crippen molar-refractivity contribution in [3.05, 3.63) is 23.4 Å². The monoisotopic (exact) mass is 279 g/mol. The van der Waals surface area contributed by atoms with Crippen molar-refractivity contribution >= 4 is 17.4 Å². The molecule has 0 radical (unpaired) electrons. The van der Waals surface area contributed by atoms with Crippen LogP contribution in [0.4, 0.5) is 14.6 Å². The summed E-state index contributed by atoms with van der Waals surface area (Å²) in [5.41, 5.74) is 0. The highest BCUT2D eigenvalue weighted by Crippen LogP contribution is 2.22. The van der Waals surface area contributed by atoms with Crippen molar-refractivity contribution in [2.75, 3.05) is 18.4 Å². The van der Waals surface area contributed by atoms with Crippen molar-refractivity contribution < 1.29 is 16.3 Å². The van der Waals surface area contributed by atoms with Gasteiger partial charge in [0.25, 0.3) is 0 Å². The van der Waals surface area contributed by atoms with Gasteiger partial charge in [-0.3, -0.25) is 0 Å². The summed E-state index contributed by atoms with van der Waals surface area (Å²) in [7, 11) is 0. The molecule has 1 fully saturated rings. The van der Waals surface area contributed by atoms with E-state index in [4.69, 9.17) is 14.3 Å². The molecule has 0 saturated carbocycles. The summed E-state index contributed by atoms with van der Waals surface area (Å²) in [6.45, 7) is -1.37. The minimum atomic E-state index is -3.29. The fourth-order valence-corrected chi connectivity index (χ4v) is 1.66. The molecule has 2 N–H and O–H groups in total. The first-order valence-corrected chi connectivity index (χ1v) is 5.76. The minimum absolute atomic E-state index is 0.255. The van der Waals surface area contributed by atoms with Crippen LogP contribution < -0.4 is 10.6 Å². The Bertz CT molecular complexity index is 475. The minimum Gasteiger partial charge on any atom is -0.368 e. The van der Waals surface area contributed by atoms with E-state index in [1.807, 2.05) is 0 Å². The summed E-state index contributed by atoms with van der Waals surface area (Å²) < 4.78 is 46.5. The van der Waals surface area contributed by atoms with Crippen molar-refractivity contribution in [2.24, 2.45) is 0 Å². The number of anilines is 1. The average Bonchev–Trinajstić information content (AvgIpc) is 2.30. The second kappa shape index (κ2) is 5.34.